The van der Waals surface area contributed by atoms with E-state index in [-0.39, 0.29) is 5.97 Å². The summed E-state index contributed by atoms with van der Waals surface area (Å²) < 4.78 is 5.02. The van der Waals surface area contributed by atoms with Crippen molar-refractivity contribution in [1.82, 2.24) is 5.32 Å². The van der Waals surface area contributed by atoms with Gasteiger partial charge in [-0.05, 0) is 32.2 Å². The Balaban J connectivity index is 2.03. The fourth-order valence-electron chi connectivity index (χ4n) is 1.75. The molecule has 82 valence electrons. The summed E-state index contributed by atoms with van der Waals surface area (Å²) in [5, 5.41) is 3.42. The number of piperidine rings is 1. The fourth-order valence-corrected chi connectivity index (χ4v) is 1.75. The summed E-state index contributed by atoms with van der Waals surface area (Å²) in [6.07, 6.45) is 6.19. The van der Waals surface area contributed by atoms with E-state index in [0.29, 0.717) is 19.1 Å². The van der Waals surface area contributed by atoms with Crippen molar-refractivity contribution in [3.05, 3.63) is 0 Å². The van der Waals surface area contributed by atoms with Gasteiger partial charge in [0.2, 0.25) is 0 Å². The lowest BCUT2D eigenvalue weighted by atomic mass is 10.0. The molecule has 0 aromatic rings. The lowest BCUT2D eigenvalue weighted by Gasteiger charge is -2.22. The second-order valence-corrected chi connectivity index (χ2v) is 3.91. The molecule has 1 atom stereocenters. The van der Waals surface area contributed by atoms with Gasteiger partial charge in [0.05, 0.1) is 6.61 Å². The van der Waals surface area contributed by atoms with Crippen molar-refractivity contribution in [2.75, 3.05) is 13.2 Å². The monoisotopic (exact) mass is 199 g/mol. The Morgan fingerprint density at radius 3 is 3.00 bits per heavy atom. The minimum Gasteiger partial charge on any atom is -0.466 e. The van der Waals surface area contributed by atoms with Crippen molar-refractivity contribution in [3.63, 3.8) is 0 Å². The van der Waals surface area contributed by atoms with Crippen LogP contribution in [-0.4, -0.2) is 25.2 Å². The van der Waals surface area contributed by atoms with Gasteiger partial charge in [-0.1, -0.05) is 13.3 Å². The molecule has 1 rings (SSSR count). The zero-order valence-corrected chi connectivity index (χ0v) is 9.05. The number of esters is 1. The molecule has 1 aliphatic rings. The largest absolute Gasteiger partial charge is 0.466 e. The SMILES string of the molecule is CCCOC(=O)CCC1CCCCN1. The molecule has 1 saturated heterocycles. The predicted molar refractivity (Wildman–Crippen MR) is 56.1 cm³/mol. The third-order valence-electron chi connectivity index (χ3n) is 2.58. The highest BCUT2D eigenvalue weighted by molar-refractivity contribution is 5.69. The van der Waals surface area contributed by atoms with E-state index in [9.17, 15) is 4.79 Å². The Labute approximate surface area is 86.2 Å². The first-order valence-corrected chi connectivity index (χ1v) is 5.72. The lowest BCUT2D eigenvalue weighted by molar-refractivity contribution is -0.143. The topological polar surface area (TPSA) is 38.3 Å². The van der Waals surface area contributed by atoms with Crippen LogP contribution in [0.4, 0.5) is 0 Å². The molecule has 0 aromatic carbocycles. The van der Waals surface area contributed by atoms with E-state index in [1.165, 1.54) is 19.3 Å². The quantitative estimate of drug-likeness (QED) is 0.687. The second-order valence-electron chi connectivity index (χ2n) is 3.91. The first-order valence-electron chi connectivity index (χ1n) is 5.72. The summed E-state index contributed by atoms with van der Waals surface area (Å²) in [6.45, 7) is 3.68. The van der Waals surface area contributed by atoms with Gasteiger partial charge in [0.15, 0.2) is 0 Å². The first kappa shape index (κ1) is 11.5. The molecule has 14 heavy (non-hydrogen) atoms. The minimum atomic E-state index is -0.0424. The summed E-state index contributed by atoms with van der Waals surface area (Å²) in [5.74, 6) is -0.0424. The van der Waals surface area contributed by atoms with Crippen molar-refractivity contribution < 1.29 is 9.53 Å². The van der Waals surface area contributed by atoms with E-state index in [1.54, 1.807) is 0 Å². The average Bonchev–Trinajstić information content (AvgIpc) is 2.25. The van der Waals surface area contributed by atoms with Crippen molar-refractivity contribution in [2.24, 2.45) is 0 Å². The Hall–Kier alpha value is -0.570. The predicted octanol–water partition coefficient (Wildman–Crippen LogP) is 1.86. The average molecular weight is 199 g/mol. The van der Waals surface area contributed by atoms with Gasteiger partial charge in [-0.2, -0.15) is 0 Å². The molecule has 0 aromatic heterocycles. The van der Waals surface area contributed by atoms with Crippen molar-refractivity contribution >= 4 is 5.97 Å². The van der Waals surface area contributed by atoms with Crippen LogP contribution in [0, 0.1) is 0 Å². The second kappa shape index (κ2) is 6.82. The highest BCUT2D eigenvalue weighted by Crippen LogP contribution is 2.11. The van der Waals surface area contributed by atoms with Gasteiger partial charge in [0.1, 0.15) is 0 Å². The summed E-state index contributed by atoms with van der Waals surface area (Å²) in [6, 6.07) is 0.540. The van der Waals surface area contributed by atoms with E-state index < -0.39 is 0 Å². The molecule has 3 heteroatoms. The van der Waals surface area contributed by atoms with E-state index >= 15 is 0 Å². The molecule has 1 unspecified atom stereocenters. The maximum atomic E-state index is 11.2. The normalized spacial score (nSPS) is 21.9. The van der Waals surface area contributed by atoms with Crippen LogP contribution in [0.1, 0.15) is 45.4 Å². The number of hydrogen-bond acceptors (Lipinski definition) is 3. The number of ether oxygens (including phenoxy) is 1. The van der Waals surface area contributed by atoms with Crippen LogP contribution in [0.3, 0.4) is 0 Å². The number of carbonyl (C=O) groups excluding carboxylic acids is 1. The molecule has 1 heterocycles. The molecule has 1 aliphatic heterocycles. The van der Waals surface area contributed by atoms with Crippen LogP contribution >= 0.6 is 0 Å². The van der Waals surface area contributed by atoms with Gasteiger partial charge in [0, 0.05) is 12.5 Å². The molecular weight excluding hydrogens is 178 g/mol. The third kappa shape index (κ3) is 4.61. The Morgan fingerprint density at radius 1 is 1.50 bits per heavy atom. The smallest absolute Gasteiger partial charge is 0.305 e. The molecule has 0 saturated carbocycles. The molecule has 1 N–H and O–H groups in total. The Morgan fingerprint density at radius 2 is 2.36 bits per heavy atom. The number of rotatable bonds is 5. The first-order chi connectivity index (χ1) is 6.83. The molecule has 3 nitrogen and oxygen atoms in total. The van der Waals surface area contributed by atoms with Gasteiger partial charge in [0.25, 0.3) is 0 Å². The van der Waals surface area contributed by atoms with Gasteiger partial charge < -0.3 is 10.1 Å². The molecule has 0 amide bonds. The third-order valence-corrected chi connectivity index (χ3v) is 2.58. The standard InChI is InChI=1S/C11H21NO2/c1-2-9-14-11(13)7-6-10-5-3-4-8-12-10/h10,12H,2-9H2,1H3. The van der Waals surface area contributed by atoms with Crippen LogP contribution in [0.25, 0.3) is 0 Å². The maximum absolute atomic E-state index is 11.2. The molecule has 0 bridgehead atoms. The molecule has 0 aliphatic carbocycles. The molecule has 0 radical (unpaired) electrons. The van der Waals surface area contributed by atoms with E-state index in [4.69, 9.17) is 4.74 Å². The lowest BCUT2D eigenvalue weighted by Crippen LogP contribution is -2.34. The Kier molecular flexibility index (Phi) is 5.60. The van der Waals surface area contributed by atoms with Crippen LogP contribution in [-0.2, 0) is 9.53 Å². The van der Waals surface area contributed by atoms with Crippen molar-refractivity contribution in [1.29, 1.82) is 0 Å². The van der Waals surface area contributed by atoms with Gasteiger partial charge >= 0.3 is 5.97 Å². The van der Waals surface area contributed by atoms with E-state index in [0.717, 1.165) is 19.4 Å². The highest BCUT2D eigenvalue weighted by atomic mass is 16.5. The van der Waals surface area contributed by atoms with Crippen LogP contribution in [0.5, 0.6) is 0 Å². The minimum absolute atomic E-state index is 0.0424. The zero-order chi connectivity index (χ0) is 10.2. The summed E-state index contributed by atoms with van der Waals surface area (Å²) >= 11 is 0. The van der Waals surface area contributed by atoms with Crippen LogP contribution < -0.4 is 5.32 Å². The van der Waals surface area contributed by atoms with Gasteiger partial charge in [-0.25, -0.2) is 0 Å². The van der Waals surface area contributed by atoms with E-state index in [1.807, 2.05) is 6.92 Å². The molecular formula is C11H21NO2. The fraction of sp³-hybridized carbons (Fsp3) is 0.909. The van der Waals surface area contributed by atoms with Crippen molar-refractivity contribution in [3.8, 4) is 0 Å². The van der Waals surface area contributed by atoms with Crippen LogP contribution in [0.15, 0.2) is 0 Å². The summed E-state index contributed by atoms with van der Waals surface area (Å²) in [4.78, 5) is 11.2. The summed E-state index contributed by atoms with van der Waals surface area (Å²) in [7, 11) is 0. The summed E-state index contributed by atoms with van der Waals surface area (Å²) in [5.41, 5.74) is 0. The molecule has 0 spiro atoms. The van der Waals surface area contributed by atoms with Gasteiger partial charge in [-0.3, -0.25) is 4.79 Å². The highest BCUT2D eigenvalue weighted by Gasteiger charge is 2.14. The number of nitrogens with one attached hydrogen (secondary N) is 1. The number of hydrogen-bond donors (Lipinski definition) is 1. The number of carbonyl (C=O) groups is 1. The van der Waals surface area contributed by atoms with E-state index in [2.05, 4.69) is 5.32 Å². The molecule has 1 fully saturated rings. The van der Waals surface area contributed by atoms with Crippen molar-refractivity contribution in [2.45, 2.75) is 51.5 Å². The van der Waals surface area contributed by atoms with Crippen LogP contribution in [0.2, 0.25) is 0 Å². The maximum Gasteiger partial charge on any atom is 0.305 e. The zero-order valence-electron chi connectivity index (χ0n) is 9.05. The Bertz CT molecular complexity index is 165. The van der Waals surface area contributed by atoms with Gasteiger partial charge in [-0.15, -0.1) is 0 Å².